The Balaban J connectivity index is 2.41. The number of rotatable bonds is 4. The van der Waals surface area contributed by atoms with E-state index in [4.69, 9.17) is 0 Å². The molecule has 2 heterocycles. The molecule has 0 aliphatic rings. The topological polar surface area (TPSA) is 55.6 Å². The third-order valence-corrected chi connectivity index (χ3v) is 3.13. The molecule has 0 saturated carbocycles. The van der Waals surface area contributed by atoms with Gasteiger partial charge >= 0.3 is 0 Å². The Morgan fingerprint density at radius 2 is 2.00 bits per heavy atom. The molecule has 5 heteroatoms. The quantitative estimate of drug-likeness (QED) is 0.898. The van der Waals surface area contributed by atoms with E-state index in [1.54, 1.807) is 6.20 Å². The molecule has 2 rings (SSSR count). The molecule has 0 aliphatic heterocycles. The van der Waals surface area contributed by atoms with Gasteiger partial charge in [0.15, 0.2) is 5.82 Å². The van der Waals surface area contributed by atoms with Gasteiger partial charge in [-0.25, -0.2) is 0 Å². The predicted molar refractivity (Wildman–Crippen MR) is 72.5 cm³/mol. The van der Waals surface area contributed by atoms with Gasteiger partial charge in [0.05, 0.1) is 5.69 Å². The number of hydrogen-bond donors (Lipinski definition) is 1. The summed E-state index contributed by atoms with van der Waals surface area (Å²) in [5.74, 6) is 0.875. The number of nitrogens with zero attached hydrogens (tertiary/aromatic N) is 4. The Hall–Kier alpha value is -1.91. The lowest BCUT2D eigenvalue weighted by Crippen LogP contribution is -2.08. The van der Waals surface area contributed by atoms with Crippen molar-refractivity contribution in [2.45, 2.75) is 27.2 Å². The lowest BCUT2D eigenvalue weighted by atomic mass is 10.1. The summed E-state index contributed by atoms with van der Waals surface area (Å²) in [5, 5.41) is 16.1. The van der Waals surface area contributed by atoms with E-state index in [0.29, 0.717) is 0 Å². The summed E-state index contributed by atoms with van der Waals surface area (Å²) < 4.78 is 1.82. The molecule has 0 unspecified atom stereocenters. The van der Waals surface area contributed by atoms with Crippen LogP contribution in [-0.2, 0) is 7.05 Å². The van der Waals surface area contributed by atoms with Gasteiger partial charge in [0.1, 0.15) is 5.69 Å². The summed E-state index contributed by atoms with van der Waals surface area (Å²) in [6, 6.07) is 1.95. The summed E-state index contributed by atoms with van der Waals surface area (Å²) in [4.78, 5) is 0. The molecule has 0 atom stereocenters. The molecule has 96 valence electrons. The minimum Gasteiger partial charge on any atom is -0.368 e. The molecule has 2 aromatic heterocycles. The van der Waals surface area contributed by atoms with Crippen LogP contribution in [0.3, 0.4) is 0 Å². The van der Waals surface area contributed by atoms with Crippen LogP contribution in [0.15, 0.2) is 12.3 Å². The maximum atomic E-state index is 4.32. The molecule has 0 aromatic carbocycles. The lowest BCUT2D eigenvalue weighted by Gasteiger charge is -2.12. The van der Waals surface area contributed by atoms with E-state index in [1.165, 1.54) is 0 Å². The fourth-order valence-electron chi connectivity index (χ4n) is 1.87. The second kappa shape index (κ2) is 5.16. The van der Waals surface area contributed by atoms with Crippen molar-refractivity contribution in [3.8, 4) is 11.4 Å². The van der Waals surface area contributed by atoms with Gasteiger partial charge in [0, 0.05) is 19.8 Å². The number of aromatic nitrogens is 4. The van der Waals surface area contributed by atoms with Crippen molar-refractivity contribution in [2.24, 2.45) is 7.05 Å². The summed E-state index contributed by atoms with van der Waals surface area (Å²) in [6.45, 7) is 7.19. The fraction of sp³-hybridized carbons (Fsp3) is 0.462. The van der Waals surface area contributed by atoms with E-state index in [-0.39, 0.29) is 0 Å². The largest absolute Gasteiger partial charge is 0.368 e. The molecule has 18 heavy (non-hydrogen) atoms. The Kier molecular flexibility index (Phi) is 3.60. The van der Waals surface area contributed by atoms with E-state index in [0.717, 1.165) is 41.3 Å². The highest BCUT2D eigenvalue weighted by Crippen LogP contribution is 2.25. The standard InChI is InChI=1S/C13H19N5/c1-5-7-14-13-10(3)9(2)12(16-17-13)11-6-8-15-18(11)4/h6,8H,5,7H2,1-4H3,(H,14,17). The van der Waals surface area contributed by atoms with Crippen molar-refractivity contribution in [1.29, 1.82) is 0 Å². The van der Waals surface area contributed by atoms with Crippen LogP contribution in [0.4, 0.5) is 5.82 Å². The van der Waals surface area contributed by atoms with Crippen LogP contribution >= 0.6 is 0 Å². The molecular formula is C13H19N5. The van der Waals surface area contributed by atoms with Crippen molar-refractivity contribution in [3.05, 3.63) is 23.4 Å². The van der Waals surface area contributed by atoms with Crippen LogP contribution < -0.4 is 5.32 Å². The molecule has 0 aliphatic carbocycles. The molecule has 0 spiro atoms. The van der Waals surface area contributed by atoms with Gasteiger partial charge in [-0.2, -0.15) is 5.10 Å². The van der Waals surface area contributed by atoms with Gasteiger partial charge in [-0.05, 0) is 37.5 Å². The SMILES string of the molecule is CCCNc1nnc(-c2ccnn2C)c(C)c1C. The normalized spacial score (nSPS) is 10.7. The average Bonchev–Trinajstić information content (AvgIpc) is 2.77. The van der Waals surface area contributed by atoms with E-state index in [1.807, 2.05) is 17.8 Å². The zero-order valence-corrected chi connectivity index (χ0v) is 11.4. The molecule has 0 fully saturated rings. The van der Waals surface area contributed by atoms with E-state index in [9.17, 15) is 0 Å². The molecule has 0 amide bonds. The molecule has 2 aromatic rings. The van der Waals surface area contributed by atoms with Gasteiger partial charge in [0.25, 0.3) is 0 Å². The number of aryl methyl sites for hydroxylation is 1. The van der Waals surface area contributed by atoms with Gasteiger partial charge in [-0.15, -0.1) is 10.2 Å². The van der Waals surface area contributed by atoms with E-state index in [2.05, 4.69) is 41.4 Å². The maximum absolute atomic E-state index is 4.32. The first kappa shape index (κ1) is 12.5. The number of hydrogen-bond acceptors (Lipinski definition) is 4. The molecule has 0 bridgehead atoms. The monoisotopic (exact) mass is 245 g/mol. The van der Waals surface area contributed by atoms with Crippen LogP contribution in [0, 0.1) is 13.8 Å². The average molecular weight is 245 g/mol. The highest BCUT2D eigenvalue weighted by Gasteiger charge is 2.13. The Labute approximate surface area is 107 Å². The van der Waals surface area contributed by atoms with Crippen molar-refractivity contribution in [2.75, 3.05) is 11.9 Å². The first-order valence-electron chi connectivity index (χ1n) is 6.21. The minimum absolute atomic E-state index is 0.875. The smallest absolute Gasteiger partial charge is 0.151 e. The molecule has 0 saturated heterocycles. The van der Waals surface area contributed by atoms with Crippen molar-refractivity contribution < 1.29 is 0 Å². The van der Waals surface area contributed by atoms with E-state index >= 15 is 0 Å². The zero-order valence-electron chi connectivity index (χ0n) is 11.4. The fourth-order valence-corrected chi connectivity index (χ4v) is 1.87. The summed E-state index contributed by atoms with van der Waals surface area (Å²) in [7, 11) is 1.91. The maximum Gasteiger partial charge on any atom is 0.151 e. The lowest BCUT2D eigenvalue weighted by molar-refractivity contribution is 0.769. The number of nitrogens with one attached hydrogen (secondary N) is 1. The van der Waals surface area contributed by atoms with Gasteiger partial charge in [-0.3, -0.25) is 4.68 Å². The summed E-state index contributed by atoms with van der Waals surface area (Å²) >= 11 is 0. The molecule has 5 nitrogen and oxygen atoms in total. The zero-order chi connectivity index (χ0) is 13.1. The van der Waals surface area contributed by atoms with Crippen molar-refractivity contribution in [1.82, 2.24) is 20.0 Å². The highest BCUT2D eigenvalue weighted by molar-refractivity contribution is 5.63. The summed E-state index contributed by atoms with van der Waals surface area (Å²) in [6.07, 6.45) is 2.85. The van der Waals surface area contributed by atoms with Crippen molar-refractivity contribution in [3.63, 3.8) is 0 Å². The molecular weight excluding hydrogens is 226 g/mol. The minimum atomic E-state index is 0.875. The van der Waals surface area contributed by atoms with E-state index < -0.39 is 0 Å². The predicted octanol–water partition coefficient (Wildman–Crippen LogP) is 2.32. The van der Waals surface area contributed by atoms with Crippen LogP contribution in [0.1, 0.15) is 24.5 Å². The Bertz CT molecular complexity index is 544. The number of anilines is 1. The Morgan fingerprint density at radius 1 is 1.22 bits per heavy atom. The second-order valence-electron chi connectivity index (χ2n) is 4.41. The van der Waals surface area contributed by atoms with Crippen LogP contribution in [-0.4, -0.2) is 26.5 Å². The first-order chi connectivity index (χ1) is 8.65. The third kappa shape index (κ3) is 2.20. The Morgan fingerprint density at radius 3 is 2.61 bits per heavy atom. The van der Waals surface area contributed by atoms with Crippen LogP contribution in [0.2, 0.25) is 0 Å². The second-order valence-corrected chi connectivity index (χ2v) is 4.41. The first-order valence-corrected chi connectivity index (χ1v) is 6.21. The summed E-state index contributed by atoms with van der Waals surface area (Å²) in [5.41, 5.74) is 4.18. The van der Waals surface area contributed by atoms with Crippen molar-refractivity contribution >= 4 is 5.82 Å². The third-order valence-electron chi connectivity index (χ3n) is 3.13. The van der Waals surface area contributed by atoms with Gasteiger partial charge < -0.3 is 5.32 Å². The van der Waals surface area contributed by atoms with Gasteiger partial charge in [0.2, 0.25) is 0 Å². The van der Waals surface area contributed by atoms with Crippen LogP contribution in [0.25, 0.3) is 11.4 Å². The van der Waals surface area contributed by atoms with Crippen LogP contribution in [0.5, 0.6) is 0 Å². The molecule has 1 N–H and O–H groups in total. The highest BCUT2D eigenvalue weighted by atomic mass is 15.3. The molecule has 0 radical (unpaired) electrons. The van der Waals surface area contributed by atoms with Gasteiger partial charge in [-0.1, -0.05) is 6.92 Å².